The number of ether oxygens (including phenoxy) is 1. The fraction of sp³-hybridized carbons (Fsp3) is 0.188. The van der Waals surface area contributed by atoms with E-state index in [0.717, 1.165) is 12.1 Å². The van der Waals surface area contributed by atoms with Gasteiger partial charge < -0.3 is 10.1 Å². The molecule has 9 heteroatoms. The Morgan fingerprint density at radius 2 is 1.88 bits per heavy atom. The summed E-state index contributed by atoms with van der Waals surface area (Å²) in [6, 6.07) is 4.61. The van der Waals surface area contributed by atoms with Crippen LogP contribution in [-0.4, -0.2) is 23.0 Å². The Balaban J connectivity index is 1.99. The van der Waals surface area contributed by atoms with Gasteiger partial charge in [-0.15, -0.1) is 11.3 Å². The number of fused-ring (bicyclic) bond motifs is 1. The second-order valence-corrected chi connectivity index (χ2v) is 6.15. The number of methoxy groups -OCH3 is 1. The Morgan fingerprint density at radius 3 is 2.48 bits per heavy atom. The molecule has 0 amide bonds. The lowest BCUT2D eigenvalue weighted by Gasteiger charge is -2.10. The van der Waals surface area contributed by atoms with Gasteiger partial charge in [-0.05, 0) is 36.8 Å². The molecule has 25 heavy (non-hydrogen) atoms. The van der Waals surface area contributed by atoms with Crippen molar-refractivity contribution in [2.45, 2.75) is 13.1 Å². The van der Waals surface area contributed by atoms with E-state index >= 15 is 0 Å². The van der Waals surface area contributed by atoms with Crippen molar-refractivity contribution in [3.63, 3.8) is 0 Å². The Kier molecular flexibility index (Phi) is 4.34. The Bertz CT molecular complexity index is 936. The predicted octanol–water partition coefficient (Wildman–Crippen LogP) is 4.55. The highest BCUT2D eigenvalue weighted by Crippen LogP contribution is 2.35. The third-order valence-electron chi connectivity index (χ3n) is 3.57. The van der Waals surface area contributed by atoms with Crippen molar-refractivity contribution in [1.82, 2.24) is 9.97 Å². The van der Waals surface area contributed by atoms with Crippen LogP contribution in [0.1, 0.15) is 20.8 Å². The van der Waals surface area contributed by atoms with Crippen LogP contribution in [0.3, 0.4) is 0 Å². The van der Waals surface area contributed by atoms with Crippen molar-refractivity contribution >= 4 is 39.0 Å². The first-order chi connectivity index (χ1) is 11.8. The summed E-state index contributed by atoms with van der Waals surface area (Å²) in [6.45, 7) is 1.74. The molecular formula is C16H12F3N3O2S. The monoisotopic (exact) mass is 367 g/mol. The fourth-order valence-electron chi connectivity index (χ4n) is 2.33. The third kappa shape index (κ3) is 3.27. The number of anilines is 2. The molecule has 1 N–H and O–H groups in total. The predicted molar refractivity (Wildman–Crippen MR) is 88.2 cm³/mol. The summed E-state index contributed by atoms with van der Waals surface area (Å²) in [4.78, 5) is 21.1. The number of benzene rings is 1. The second-order valence-electron chi connectivity index (χ2n) is 5.15. The zero-order chi connectivity index (χ0) is 18.2. The molecule has 3 rings (SSSR count). The quantitative estimate of drug-likeness (QED) is 0.688. The molecule has 0 bridgehead atoms. The number of aromatic nitrogens is 2. The number of esters is 1. The van der Waals surface area contributed by atoms with Gasteiger partial charge in [0.2, 0.25) is 0 Å². The van der Waals surface area contributed by atoms with E-state index < -0.39 is 17.7 Å². The van der Waals surface area contributed by atoms with Crippen molar-refractivity contribution in [3.8, 4) is 0 Å². The average molecular weight is 367 g/mol. The maximum Gasteiger partial charge on any atom is 0.416 e. The molecule has 0 aliphatic rings. The smallest absolute Gasteiger partial charge is 0.416 e. The number of thiophene rings is 1. The normalized spacial score (nSPS) is 11.6. The van der Waals surface area contributed by atoms with Crippen LogP contribution in [0.5, 0.6) is 0 Å². The molecular weight excluding hydrogens is 355 g/mol. The summed E-state index contributed by atoms with van der Waals surface area (Å²) in [5.41, 5.74) is 0.366. The molecule has 0 spiro atoms. The van der Waals surface area contributed by atoms with Gasteiger partial charge in [0.15, 0.2) is 0 Å². The molecule has 130 valence electrons. The Labute approximate surface area is 144 Å². The Hall–Kier alpha value is -2.68. The van der Waals surface area contributed by atoms with E-state index in [4.69, 9.17) is 4.74 Å². The first kappa shape index (κ1) is 17.2. The summed E-state index contributed by atoms with van der Waals surface area (Å²) < 4.78 is 42.7. The number of nitrogens with one attached hydrogen (secondary N) is 1. The minimum Gasteiger partial charge on any atom is -0.465 e. The topological polar surface area (TPSA) is 64.1 Å². The number of nitrogens with zero attached hydrogens (tertiary/aromatic N) is 2. The van der Waals surface area contributed by atoms with E-state index in [-0.39, 0.29) is 0 Å². The number of halogens is 3. The van der Waals surface area contributed by atoms with Gasteiger partial charge in [-0.1, -0.05) is 0 Å². The second kappa shape index (κ2) is 6.32. The zero-order valence-corrected chi connectivity index (χ0v) is 14.0. The Morgan fingerprint density at radius 1 is 1.20 bits per heavy atom. The molecule has 0 aliphatic carbocycles. The molecule has 0 saturated heterocycles. The lowest BCUT2D eigenvalue weighted by atomic mass is 10.2. The highest BCUT2D eigenvalue weighted by molar-refractivity contribution is 7.20. The largest absolute Gasteiger partial charge is 0.465 e. The number of carbonyl (C=O) groups excluding carboxylic acids is 1. The number of rotatable bonds is 3. The summed E-state index contributed by atoms with van der Waals surface area (Å²) in [7, 11) is 1.29. The lowest BCUT2D eigenvalue weighted by Crippen LogP contribution is -2.04. The SMILES string of the molecule is COC(=O)c1sc2ncnc(Nc3ccc(C(F)(F)F)cc3)c2c1C. The van der Waals surface area contributed by atoms with Crippen molar-refractivity contribution in [2.75, 3.05) is 12.4 Å². The van der Waals surface area contributed by atoms with Crippen molar-refractivity contribution in [2.24, 2.45) is 0 Å². The van der Waals surface area contributed by atoms with Crippen molar-refractivity contribution < 1.29 is 22.7 Å². The maximum atomic E-state index is 12.6. The van der Waals surface area contributed by atoms with Crippen LogP contribution in [-0.2, 0) is 10.9 Å². The number of carbonyl (C=O) groups is 1. The lowest BCUT2D eigenvalue weighted by molar-refractivity contribution is -0.137. The van der Waals surface area contributed by atoms with E-state index in [1.807, 2.05) is 0 Å². The van der Waals surface area contributed by atoms with Crippen LogP contribution in [0.2, 0.25) is 0 Å². The van der Waals surface area contributed by atoms with Gasteiger partial charge in [0.1, 0.15) is 21.9 Å². The maximum absolute atomic E-state index is 12.6. The number of alkyl halides is 3. The average Bonchev–Trinajstić information content (AvgIpc) is 2.92. The van der Waals surface area contributed by atoms with Crippen LogP contribution in [0.25, 0.3) is 10.2 Å². The standard InChI is InChI=1S/C16H12F3N3O2S/c1-8-11-13(20-7-21-14(11)25-12(8)15(23)24-2)22-10-5-3-9(4-6-10)16(17,18)19/h3-7H,1-2H3,(H,20,21,22). The van der Waals surface area contributed by atoms with Gasteiger partial charge in [-0.2, -0.15) is 13.2 Å². The van der Waals surface area contributed by atoms with E-state index in [9.17, 15) is 18.0 Å². The summed E-state index contributed by atoms with van der Waals surface area (Å²) in [5, 5.41) is 3.60. The number of hydrogen-bond donors (Lipinski definition) is 1. The molecule has 0 radical (unpaired) electrons. The van der Waals surface area contributed by atoms with Crippen molar-refractivity contribution in [3.05, 3.63) is 46.6 Å². The fourth-order valence-corrected chi connectivity index (χ4v) is 3.40. The summed E-state index contributed by atoms with van der Waals surface area (Å²) in [5.74, 6) is -0.0605. The van der Waals surface area contributed by atoms with Gasteiger partial charge >= 0.3 is 12.1 Å². The summed E-state index contributed by atoms with van der Waals surface area (Å²) >= 11 is 1.17. The van der Waals surface area contributed by atoms with Gasteiger partial charge in [-0.25, -0.2) is 14.8 Å². The van der Waals surface area contributed by atoms with Gasteiger partial charge in [0.05, 0.1) is 18.1 Å². The molecule has 0 atom stereocenters. The van der Waals surface area contributed by atoms with E-state index in [1.54, 1.807) is 6.92 Å². The molecule has 1 aromatic carbocycles. The zero-order valence-electron chi connectivity index (χ0n) is 13.1. The minimum atomic E-state index is -4.39. The van der Waals surface area contributed by atoms with Crippen molar-refractivity contribution in [1.29, 1.82) is 0 Å². The highest BCUT2D eigenvalue weighted by Gasteiger charge is 2.30. The van der Waals surface area contributed by atoms with Crippen LogP contribution >= 0.6 is 11.3 Å². The molecule has 2 aromatic heterocycles. The summed E-state index contributed by atoms with van der Waals surface area (Å²) in [6.07, 6.45) is -3.06. The van der Waals surface area contributed by atoms with Gasteiger partial charge in [0.25, 0.3) is 0 Å². The molecule has 0 saturated carbocycles. The van der Waals surface area contributed by atoms with Crippen LogP contribution in [0.15, 0.2) is 30.6 Å². The first-order valence-electron chi connectivity index (χ1n) is 7.08. The molecule has 0 fully saturated rings. The van der Waals surface area contributed by atoms with E-state index in [1.165, 1.54) is 36.9 Å². The van der Waals surface area contributed by atoms with Crippen LogP contribution in [0, 0.1) is 6.92 Å². The highest BCUT2D eigenvalue weighted by atomic mass is 32.1. The third-order valence-corrected chi connectivity index (χ3v) is 4.75. The molecule has 2 heterocycles. The molecule has 0 unspecified atom stereocenters. The molecule has 5 nitrogen and oxygen atoms in total. The first-order valence-corrected chi connectivity index (χ1v) is 7.89. The minimum absolute atomic E-state index is 0.411. The van der Waals surface area contributed by atoms with E-state index in [2.05, 4.69) is 15.3 Å². The molecule has 0 aliphatic heterocycles. The van der Waals surface area contributed by atoms with E-state index in [0.29, 0.717) is 32.2 Å². The number of hydrogen-bond acceptors (Lipinski definition) is 6. The van der Waals surface area contributed by atoms with Gasteiger partial charge in [0, 0.05) is 5.69 Å². The van der Waals surface area contributed by atoms with Crippen LogP contribution in [0.4, 0.5) is 24.7 Å². The van der Waals surface area contributed by atoms with Gasteiger partial charge in [-0.3, -0.25) is 0 Å². The van der Waals surface area contributed by atoms with Crippen LogP contribution < -0.4 is 5.32 Å². The molecule has 3 aromatic rings. The number of aryl methyl sites for hydroxylation is 1.